The van der Waals surface area contributed by atoms with Crippen LogP contribution in [0.2, 0.25) is 0 Å². The Bertz CT molecular complexity index is 347. The van der Waals surface area contributed by atoms with Crippen LogP contribution < -0.4 is 5.32 Å². The van der Waals surface area contributed by atoms with E-state index in [-0.39, 0.29) is 12.5 Å². The van der Waals surface area contributed by atoms with Crippen molar-refractivity contribution in [3.63, 3.8) is 0 Å². The van der Waals surface area contributed by atoms with Gasteiger partial charge < -0.3 is 10.1 Å². The first kappa shape index (κ1) is 12.7. The van der Waals surface area contributed by atoms with Gasteiger partial charge in [0.1, 0.15) is 6.61 Å². The van der Waals surface area contributed by atoms with E-state index in [2.05, 4.69) is 10.4 Å². The summed E-state index contributed by atoms with van der Waals surface area (Å²) in [7, 11) is 0. The van der Waals surface area contributed by atoms with E-state index in [1.165, 1.54) is 0 Å². The minimum Gasteiger partial charge on any atom is -0.372 e. The highest BCUT2D eigenvalue weighted by Gasteiger charge is 2.02. The first-order valence-corrected chi connectivity index (χ1v) is 5.49. The van der Waals surface area contributed by atoms with E-state index in [0.717, 1.165) is 11.4 Å². The number of nitrogens with one attached hydrogen (secondary N) is 1. The summed E-state index contributed by atoms with van der Waals surface area (Å²) in [4.78, 5) is 11.2. The second-order valence-electron chi connectivity index (χ2n) is 3.64. The molecule has 1 N–H and O–H groups in total. The molecule has 0 unspecified atom stereocenters. The van der Waals surface area contributed by atoms with Crippen LogP contribution in [0.1, 0.15) is 18.3 Å². The van der Waals surface area contributed by atoms with Crippen molar-refractivity contribution in [2.24, 2.45) is 0 Å². The lowest BCUT2D eigenvalue weighted by atomic mass is 10.4. The molecule has 16 heavy (non-hydrogen) atoms. The first-order chi connectivity index (χ1) is 7.63. The molecule has 0 radical (unpaired) electrons. The van der Waals surface area contributed by atoms with Crippen molar-refractivity contribution < 1.29 is 9.53 Å². The Hall–Kier alpha value is -1.36. The number of hydrogen-bond donors (Lipinski definition) is 1. The highest BCUT2D eigenvalue weighted by molar-refractivity contribution is 5.77. The lowest BCUT2D eigenvalue weighted by Gasteiger charge is -2.06. The summed E-state index contributed by atoms with van der Waals surface area (Å²) in [5.74, 6) is -0.0802. The van der Waals surface area contributed by atoms with Crippen LogP contribution in [0.3, 0.4) is 0 Å². The summed E-state index contributed by atoms with van der Waals surface area (Å²) in [6.45, 7) is 7.78. The summed E-state index contributed by atoms with van der Waals surface area (Å²) in [5, 5.41) is 7.08. The summed E-state index contributed by atoms with van der Waals surface area (Å²) in [6.07, 6.45) is 0. The molecule has 0 fully saturated rings. The Kier molecular flexibility index (Phi) is 4.98. The largest absolute Gasteiger partial charge is 0.372 e. The number of hydrogen-bond acceptors (Lipinski definition) is 3. The van der Waals surface area contributed by atoms with Gasteiger partial charge in [-0.1, -0.05) is 0 Å². The Morgan fingerprint density at radius 1 is 1.56 bits per heavy atom. The minimum absolute atomic E-state index is 0.0802. The van der Waals surface area contributed by atoms with Gasteiger partial charge in [0, 0.05) is 18.8 Å². The van der Waals surface area contributed by atoms with E-state index in [1.54, 1.807) is 0 Å². The SMILES string of the molecule is CCOCC(=O)NCCn1nc(C)cc1C. The van der Waals surface area contributed by atoms with Gasteiger partial charge in [0.25, 0.3) is 0 Å². The quantitative estimate of drug-likeness (QED) is 0.773. The Balaban J connectivity index is 2.25. The number of nitrogens with zero attached hydrogens (tertiary/aromatic N) is 2. The van der Waals surface area contributed by atoms with Gasteiger partial charge in [0.05, 0.1) is 12.2 Å². The van der Waals surface area contributed by atoms with Crippen molar-refractivity contribution in [2.75, 3.05) is 19.8 Å². The molecule has 90 valence electrons. The maximum Gasteiger partial charge on any atom is 0.246 e. The molecule has 0 bridgehead atoms. The average Bonchev–Trinajstić information content (AvgIpc) is 2.55. The molecule has 0 saturated heterocycles. The number of carbonyl (C=O) groups is 1. The molecule has 0 aliphatic heterocycles. The lowest BCUT2D eigenvalue weighted by Crippen LogP contribution is -2.31. The standard InChI is InChI=1S/C11H19N3O2/c1-4-16-8-11(15)12-5-6-14-10(3)7-9(2)13-14/h7H,4-6,8H2,1-3H3,(H,12,15). The molecule has 1 rings (SSSR count). The van der Waals surface area contributed by atoms with Gasteiger partial charge in [0.2, 0.25) is 5.91 Å². The molecular weight excluding hydrogens is 206 g/mol. The molecular formula is C11H19N3O2. The molecule has 1 aromatic rings. The summed E-state index contributed by atoms with van der Waals surface area (Å²) in [5.41, 5.74) is 2.11. The monoisotopic (exact) mass is 225 g/mol. The maximum absolute atomic E-state index is 11.2. The van der Waals surface area contributed by atoms with Crippen molar-refractivity contribution in [3.05, 3.63) is 17.5 Å². The zero-order chi connectivity index (χ0) is 12.0. The Labute approximate surface area is 95.8 Å². The molecule has 0 saturated carbocycles. The Morgan fingerprint density at radius 2 is 2.31 bits per heavy atom. The normalized spacial score (nSPS) is 10.4. The predicted octanol–water partition coefficient (Wildman–Crippen LogP) is 0.653. The number of aryl methyl sites for hydroxylation is 2. The average molecular weight is 225 g/mol. The fourth-order valence-corrected chi connectivity index (χ4v) is 1.45. The van der Waals surface area contributed by atoms with Gasteiger partial charge in [-0.15, -0.1) is 0 Å². The molecule has 5 heteroatoms. The number of carbonyl (C=O) groups excluding carboxylic acids is 1. The fourth-order valence-electron chi connectivity index (χ4n) is 1.45. The summed E-state index contributed by atoms with van der Waals surface area (Å²) >= 11 is 0. The third-order valence-electron chi connectivity index (χ3n) is 2.19. The van der Waals surface area contributed by atoms with Gasteiger partial charge in [-0.2, -0.15) is 5.10 Å². The predicted molar refractivity (Wildman–Crippen MR) is 61.2 cm³/mol. The molecule has 1 amide bonds. The van der Waals surface area contributed by atoms with Crippen LogP contribution >= 0.6 is 0 Å². The molecule has 1 aromatic heterocycles. The van der Waals surface area contributed by atoms with Gasteiger partial charge in [0.15, 0.2) is 0 Å². The topological polar surface area (TPSA) is 56.1 Å². The van der Waals surface area contributed by atoms with Gasteiger partial charge >= 0.3 is 0 Å². The maximum atomic E-state index is 11.2. The Morgan fingerprint density at radius 3 is 2.88 bits per heavy atom. The highest BCUT2D eigenvalue weighted by atomic mass is 16.5. The van der Waals surface area contributed by atoms with Crippen LogP contribution in [0, 0.1) is 13.8 Å². The van der Waals surface area contributed by atoms with E-state index in [9.17, 15) is 4.79 Å². The van der Waals surface area contributed by atoms with Crippen LogP contribution in [0.4, 0.5) is 0 Å². The minimum atomic E-state index is -0.0802. The van der Waals surface area contributed by atoms with E-state index >= 15 is 0 Å². The van der Waals surface area contributed by atoms with Crippen LogP contribution in [0.15, 0.2) is 6.07 Å². The number of rotatable bonds is 6. The van der Waals surface area contributed by atoms with Crippen molar-refractivity contribution in [1.82, 2.24) is 15.1 Å². The van der Waals surface area contributed by atoms with E-state index in [1.807, 2.05) is 31.5 Å². The van der Waals surface area contributed by atoms with E-state index in [0.29, 0.717) is 19.7 Å². The molecule has 0 spiro atoms. The first-order valence-electron chi connectivity index (χ1n) is 5.49. The smallest absolute Gasteiger partial charge is 0.246 e. The van der Waals surface area contributed by atoms with Gasteiger partial charge in [-0.25, -0.2) is 0 Å². The van der Waals surface area contributed by atoms with Gasteiger partial charge in [-0.3, -0.25) is 9.48 Å². The van der Waals surface area contributed by atoms with Crippen molar-refractivity contribution in [2.45, 2.75) is 27.3 Å². The second-order valence-corrected chi connectivity index (χ2v) is 3.64. The third kappa shape index (κ3) is 4.02. The molecule has 0 atom stereocenters. The van der Waals surface area contributed by atoms with Gasteiger partial charge in [-0.05, 0) is 26.8 Å². The van der Waals surface area contributed by atoms with Crippen LogP contribution in [-0.2, 0) is 16.1 Å². The van der Waals surface area contributed by atoms with Crippen LogP contribution in [0.25, 0.3) is 0 Å². The highest BCUT2D eigenvalue weighted by Crippen LogP contribution is 2.00. The second kappa shape index (κ2) is 6.27. The number of amides is 1. The number of aromatic nitrogens is 2. The molecule has 0 aliphatic rings. The zero-order valence-electron chi connectivity index (χ0n) is 10.1. The zero-order valence-corrected chi connectivity index (χ0v) is 10.1. The van der Waals surface area contributed by atoms with E-state index < -0.39 is 0 Å². The van der Waals surface area contributed by atoms with Crippen molar-refractivity contribution in [1.29, 1.82) is 0 Å². The summed E-state index contributed by atoms with van der Waals surface area (Å²) in [6, 6.07) is 2.02. The fraction of sp³-hybridized carbons (Fsp3) is 0.636. The van der Waals surface area contributed by atoms with Crippen molar-refractivity contribution >= 4 is 5.91 Å². The van der Waals surface area contributed by atoms with E-state index in [4.69, 9.17) is 4.74 Å². The van der Waals surface area contributed by atoms with Crippen LogP contribution in [0.5, 0.6) is 0 Å². The molecule has 0 aliphatic carbocycles. The summed E-state index contributed by atoms with van der Waals surface area (Å²) < 4.78 is 6.88. The van der Waals surface area contributed by atoms with Crippen molar-refractivity contribution in [3.8, 4) is 0 Å². The molecule has 5 nitrogen and oxygen atoms in total. The third-order valence-corrected chi connectivity index (χ3v) is 2.19. The molecule has 1 heterocycles. The van der Waals surface area contributed by atoms with Crippen LogP contribution in [-0.4, -0.2) is 35.4 Å². The molecule has 0 aromatic carbocycles. The lowest BCUT2D eigenvalue weighted by molar-refractivity contribution is -0.125. The number of ether oxygens (including phenoxy) is 1.